The maximum Gasteiger partial charge on any atom is 0.118 e. The number of benzene rings is 2. The van der Waals surface area contributed by atoms with Gasteiger partial charge >= 0.3 is 0 Å². The van der Waals surface area contributed by atoms with E-state index in [2.05, 4.69) is 43.3 Å². The number of ether oxygens (including phenoxy) is 1. The summed E-state index contributed by atoms with van der Waals surface area (Å²) in [5.41, 5.74) is 8.88. The molecule has 0 fully saturated rings. The maximum absolute atomic E-state index is 6.43. The molecule has 0 aliphatic rings. The molecular weight excluding hydrogens is 234 g/mol. The van der Waals surface area contributed by atoms with Gasteiger partial charge in [-0.3, -0.25) is 0 Å². The average molecular weight is 255 g/mol. The number of nitrogens with two attached hydrogens (primary N) is 1. The van der Waals surface area contributed by atoms with E-state index in [9.17, 15) is 0 Å². The molecule has 0 saturated heterocycles. The van der Waals surface area contributed by atoms with E-state index in [4.69, 9.17) is 10.5 Å². The monoisotopic (exact) mass is 255 g/mol. The third-order valence-corrected chi connectivity index (χ3v) is 3.60. The predicted octanol–water partition coefficient (Wildman–Crippen LogP) is 3.89. The largest absolute Gasteiger partial charge is 0.497 e. The van der Waals surface area contributed by atoms with Crippen molar-refractivity contribution in [1.82, 2.24) is 0 Å². The summed E-state index contributed by atoms with van der Waals surface area (Å²) in [5, 5.41) is 0. The first-order chi connectivity index (χ1) is 9.26. The Morgan fingerprint density at radius 3 is 2.11 bits per heavy atom. The molecule has 2 nitrogen and oxygen atoms in total. The van der Waals surface area contributed by atoms with E-state index in [1.165, 1.54) is 5.56 Å². The van der Waals surface area contributed by atoms with Crippen LogP contribution in [0.15, 0.2) is 54.6 Å². The fourth-order valence-electron chi connectivity index (χ4n) is 2.46. The summed E-state index contributed by atoms with van der Waals surface area (Å²) in [6, 6.07) is 18.5. The molecule has 0 aromatic heterocycles. The molecule has 2 aromatic rings. The van der Waals surface area contributed by atoms with Gasteiger partial charge in [-0.05, 0) is 29.7 Å². The van der Waals surface area contributed by atoms with Crippen molar-refractivity contribution < 1.29 is 4.74 Å². The van der Waals surface area contributed by atoms with Crippen LogP contribution in [0.3, 0.4) is 0 Å². The highest BCUT2D eigenvalue weighted by Gasteiger charge is 2.19. The molecule has 2 rings (SSSR count). The molecule has 0 aliphatic carbocycles. The van der Waals surface area contributed by atoms with E-state index in [-0.39, 0.29) is 6.04 Å². The van der Waals surface area contributed by atoms with Crippen LogP contribution < -0.4 is 10.5 Å². The summed E-state index contributed by atoms with van der Waals surface area (Å²) < 4.78 is 5.18. The lowest BCUT2D eigenvalue weighted by molar-refractivity contribution is 0.414. The average Bonchev–Trinajstić information content (AvgIpc) is 2.49. The van der Waals surface area contributed by atoms with Crippen LogP contribution in [0, 0.1) is 0 Å². The van der Waals surface area contributed by atoms with Gasteiger partial charge in [-0.1, -0.05) is 49.4 Å². The smallest absolute Gasteiger partial charge is 0.118 e. The molecule has 2 aromatic carbocycles. The van der Waals surface area contributed by atoms with Gasteiger partial charge in [0.15, 0.2) is 0 Å². The van der Waals surface area contributed by atoms with Gasteiger partial charge in [0.1, 0.15) is 5.75 Å². The Balaban J connectivity index is 2.22. The second kappa shape index (κ2) is 6.39. The third kappa shape index (κ3) is 3.15. The molecule has 0 heterocycles. The summed E-state index contributed by atoms with van der Waals surface area (Å²) in [6.45, 7) is 2.18. The van der Waals surface area contributed by atoms with Crippen LogP contribution in [0.1, 0.15) is 36.4 Å². The molecule has 0 spiro atoms. The van der Waals surface area contributed by atoms with Gasteiger partial charge in [-0.15, -0.1) is 0 Å². The van der Waals surface area contributed by atoms with Crippen molar-refractivity contribution in [2.24, 2.45) is 5.73 Å². The van der Waals surface area contributed by atoms with Crippen molar-refractivity contribution in [3.05, 3.63) is 65.7 Å². The van der Waals surface area contributed by atoms with Gasteiger partial charge in [0.2, 0.25) is 0 Å². The summed E-state index contributed by atoms with van der Waals surface area (Å²) in [5.74, 6) is 1.21. The first-order valence-electron chi connectivity index (χ1n) is 6.70. The number of rotatable bonds is 5. The van der Waals surface area contributed by atoms with Crippen molar-refractivity contribution in [2.45, 2.75) is 25.3 Å². The Bertz CT molecular complexity index is 492. The molecule has 0 aliphatic heterocycles. The second-order valence-electron chi connectivity index (χ2n) is 4.72. The minimum atomic E-state index is 0.0123. The second-order valence-corrected chi connectivity index (χ2v) is 4.72. The highest BCUT2D eigenvalue weighted by molar-refractivity contribution is 5.32. The molecule has 19 heavy (non-hydrogen) atoms. The summed E-state index contributed by atoms with van der Waals surface area (Å²) >= 11 is 0. The van der Waals surface area contributed by atoms with Gasteiger partial charge in [0.25, 0.3) is 0 Å². The molecule has 2 heteroatoms. The molecule has 100 valence electrons. The molecule has 2 unspecified atom stereocenters. The quantitative estimate of drug-likeness (QED) is 0.879. The number of methoxy groups -OCH3 is 1. The number of hydrogen-bond acceptors (Lipinski definition) is 2. The Labute approximate surface area is 115 Å². The topological polar surface area (TPSA) is 35.2 Å². The fourth-order valence-corrected chi connectivity index (χ4v) is 2.46. The van der Waals surface area contributed by atoms with E-state index >= 15 is 0 Å². The summed E-state index contributed by atoms with van der Waals surface area (Å²) in [7, 11) is 1.67. The normalized spacial score (nSPS) is 13.8. The summed E-state index contributed by atoms with van der Waals surface area (Å²) in [4.78, 5) is 0. The lowest BCUT2D eigenvalue weighted by atomic mass is 9.86. The molecule has 0 amide bonds. The van der Waals surface area contributed by atoms with E-state index in [1.807, 2.05) is 18.2 Å². The lowest BCUT2D eigenvalue weighted by Gasteiger charge is -2.23. The predicted molar refractivity (Wildman–Crippen MR) is 79.4 cm³/mol. The van der Waals surface area contributed by atoms with Crippen LogP contribution in [0.2, 0.25) is 0 Å². The zero-order valence-electron chi connectivity index (χ0n) is 11.5. The SMILES string of the molecule is CCC(c1ccccc1)C(N)c1ccc(OC)cc1. The molecular formula is C17H21NO. The van der Waals surface area contributed by atoms with Gasteiger partial charge in [-0.2, -0.15) is 0 Å². The molecule has 0 bridgehead atoms. The van der Waals surface area contributed by atoms with Crippen LogP contribution in [0.25, 0.3) is 0 Å². The van der Waals surface area contributed by atoms with Crippen molar-refractivity contribution in [2.75, 3.05) is 7.11 Å². The fraction of sp³-hybridized carbons (Fsp3) is 0.294. The van der Waals surface area contributed by atoms with Crippen LogP contribution in [-0.2, 0) is 0 Å². The van der Waals surface area contributed by atoms with Crippen LogP contribution in [0.4, 0.5) is 0 Å². The molecule has 0 radical (unpaired) electrons. The van der Waals surface area contributed by atoms with Crippen molar-refractivity contribution in [3.8, 4) is 5.75 Å². The lowest BCUT2D eigenvalue weighted by Crippen LogP contribution is -2.19. The number of hydrogen-bond donors (Lipinski definition) is 1. The van der Waals surface area contributed by atoms with Crippen molar-refractivity contribution in [1.29, 1.82) is 0 Å². The zero-order valence-corrected chi connectivity index (χ0v) is 11.5. The zero-order chi connectivity index (χ0) is 13.7. The Morgan fingerprint density at radius 2 is 1.58 bits per heavy atom. The Morgan fingerprint density at radius 1 is 0.947 bits per heavy atom. The first kappa shape index (κ1) is 13.6. The Hall–Kier alpha value is -1.80. The minimum absolute atomic E-state index is 0.0123. The van der Waals surface area contributed by atoms with Crippen LogP contribution >= 0.6 is 0 Å². The van der Waals surface area contributed by atoms with E-state index in [0.717, 1.165) is 17.7 Å². The highest BCUT2D eigenvalue weighted by Crippen LogP contribution is 2.32. The molecule has 0 saturated carbocycles. The first-order valence-corrected chi connectivity index (χ1v) is 6.70. The van der Waals surface area contributed by atoms with Crippen LogP contribution in [-0.4, -0.2) is 7.11 Å². The summed E-state index contributed by atoms with van der Waals surface area (Å²) in [6.07, 6.45) is 1.03. The van der Waals surface area contributed by atoms with E-state index in [0.29, 0.717) is 5.92 Å². The third-order valence-electron chi connectivity index (χ3n) is 3.60. The molecule has 2 atom stereocenters. The van der Waals surface area contributed by atoms with Gasteiger partial charge in [0.05, 0.1) is 7.11 Å². The van der Waals surface area contributed by atoms with Gasteiger partial charge < -0.3 is 10.5 Å². The highest BCUT2D eigenvalue weighted by atomic mass is 16.5. The maximum atomic E-state index is 6.43. The van der Waals surface area contributed by atoms with E-state index < -0.39 is 0 Å². The van der Waals surface area contributed by atoms with Gasteiger partial charge in [-0.25, -0.2) is 0 Å². The van der Waals surface area contributed by atoms with E-state index in [1.54, 1.807) is 7.11 Å². The molecule has 2 N–H and O–H groups in total. The van der Waals surface area contributed by atoms with Crippen molar-refractivity contribution in [3.63, 3.8) is 0 Å². The minimum Gasteiger partial charge on any atom is -0.497 e. The standard InChI is InChI=1S/C17H21NO/c1-3-16(13-7-5-4-6-8-13)17(18)14-9-11-15(19-2)12-10-14/h4-12,16-17H,3,18H2,1-2H3. The van der Waals surface area contributed by atoms with Gasteiger partial charge in [0, 0.05) is 12.0 Å². The van der Waals surface area contributed by atoms with Crippen molar-refractivity contribution >= 4 is 0 Å². The Kier molecular flexibility index (Phi) is 4.58. The van der Waals surface area contributed by atoms with Crippen LogP contribution in [0.5, 0.6) is 5.75 Å².